The molecular weight excluding hydrogens is 188 g/mol. The van der Waals surface area contributed by atoms with Gasteiger partial charge in [0, 0.05) is 13.0 Å². The first kappa shape index (κ1) is 10.4. The van der Waals surface area contributed by atoms with E-state index in [9.17, 15) is 0 Å². The maximum Gasteiger partial charge on any atom is 0.229 e. The summed E-state index contributed by atoms with van der Waals surface area (Å²) in [5.74, 6) is 0.254. The molecule has 0 atom stereocenters. The van der Waals surface area contributed by atoms with Gasteiger partial charge in [-0.3, -0.25) is 0 Å². The number of nitrogen functional groups attached to an aromatic ring is 2. The van der Waals surface area contributed by atoms with Gasteiger partial charge in [0.2, 0.25) is 17.8 Å². The summed E-state index contributed by atoms with van der Waals surface area (Å²) in [5.41, 5.74) is 10.6. The Balaban J connectivity index is 2.50. The third-order valence-electron chi connectivity index (χ3n) is 1.36. The van der Waals surface area contributed by atoms with Gasteiger partial charge >= 0.3 is 0 Å². The lowest BCUT2D eigenvalue weighted by molar-refractivity contribution is -0.0423. The summed E-state index contributed by atoms with van der Waals surface area (Å²) in [5, 5.41) is 19.8. The summed E-state index contributed by atoms with van der Waals surface area (Å²) in [6, 6.07) is 0. The van der Waals surface area contributed by atoms with Gasteiger partial charge in [0.05, 0.1) is 0 Å². The minimum atomic E-state index is -1.36. The van der Waals surface area contributed by atoms with Gasteiger partial charge in [0.15, 0.2) is 6.29 Å². The molecule has 0 aliphatic rings. The van der Waals surface area contributed by atoms with Crippen molar-refractivity contribution in [3.05, 3.63) is 0 Å². The quantitative estimate of drug-likeness (QED) is 0.356. The van der Waals surface area contributed by atoms with Crippen molar-refractivity contribution in [1.82, 2.24) is 15.0 Å². The lowest BCUT2D eigenvalue weighted by Crippen LogP contribution is -2.15. The van der Waals surface area contributed by atoms with Crippen LogP contribution in [0, 0.1) is 0 Å². The highest BCUT2D eigenvalue weighted by Gasteiger charge is 2.02. The van der Waals surface area contributed by atoms with E-state index in [1.807, 2.05) is 0 Å². The monoisotopic (exact) mass is 200 g/mol. The van der Waals surface area contributed by atoms with Crippen LogP contribution >= 0.6 is 0 Å². The van der Waals surface area contributed by atoms with Crippen LogP contribution in [0.2, 0.25) is 0 Å². The van der Waals surface area contributed by atoms with E-state index in [2.05, 4.69) is 20.3 Å². The molecule has 78 valence electrons. The smallest absolute Gasteiger partial charge is 0.229 e. The Morgan fingerprint density at radius 1 is 1.14 bits per heavy atom. The molecule has 8 nitrogen and oxygen atoms in total. The highest BCUT2D eigenvalue weighted by Crippen LogP contribution is 2.03. The standard InChI is InChI=1S/C6H12N6O2/c7-4-10-5(8)12-6(11-4)9-2-1-3(13)14/h3,13-14H,1-2H2,(H5,7,8,9,10,11,12). The van der Waals surface area contributed by atoms with Crippen LogP contribution in [-0.4, -0.2) is 38.0 Å². The van der Waals surface area contributed by atoms with E-state index in [1.165, 1.54) is 0 Å². The molecule has 0 aliphatic heterocycles. The zero-order valence-corrected chi connectivity index (χ0v) is 7.38. The number of nitrogens with one attached hydrogen (secondary N) is 1. The zero-order chi connectivity index (χ0) is 10.6. The fourth-order valence-electron chi connectivity index (χ4n) is 0.801. The van der Waals surface area contributed by atoms with Gasteiger partial charge in [0.25, 0.3) is 0 Å². The number of rotatable bonds is 4. The molecule has 0 bridgehead atoms. The van der Waals surface area contributed by atoms with Gasteiger partial charge < -0.3 is 27.0 Å². The van der Waals surface area contributed by atoms with E-state index in [0.29, 0.717) is 6.54 Å². The summed E-state index contributed by atoms with van der Waals surface area (Å²) in [4.78, 5) is 11.0. The van der Waals surface area contributed by atoms with E-state index < -0.39 is 6.29 Å². The molecule has 8 heteroatoms. The van der Waals surface area contributed by atoms with Crippen molar-refractivity contribution in [3.63, 3.8) is 0 Å². The van der Waals surface area contributed by atoms with Crippen molar-refractivity contribution in [1.29, 1.82) is 0 Å². The number of nitrogens with two attached hydrogens (primary N) is 2. The first-order chi connectivity index (χ1) is 6.58. The third kappa shape index (κ3) is 3.37. The minimum absolute atomic E-state index is 0.0181. The van der Waals surface area contributed by atoms with Crippen molar-refractivity contribution in [2.45, 2.75) is 12.7 Å². The largest absolute Gasteiger partial charge is 0.368 e. The lowest BCUT2D eigenvalue weighted by Gasteiger charge is -2.06. The second kappa shape index (κ2) is 4.53. The molecule has 7 N–H and O–H groups in total. The molecule has 0 aliphatic carbocycles. The van der Waals surface area contributed by atoms with Crippen molar-refractivity contribution in [2.24, 2.45) is 0 Å². The minimum Gasteiger partial charge on any atom is -0.368 e. The molecular formula is C6H12N6O2. The van der Waals surface area contributed by atoms with Gasteiger partial charge in [-0.25, -0.2) is 0 Å². The van der Waals surface area contributed by atoms with Gasteiger partial charge in [-0.1, -0.05) is 0 Å². The highest BCUT2D eigenvalue weighted by molar-refractivity contribution is 5.36. The van der Waals surface area contributed by atoms with E-state index in [1.54, 1.807) is 0 Å². The van der Waals surface area contributed by atoms with Crippen LogP contribution in [0.25, 0.3) is 0 Å². The molecule has 0 spiro atoms. The van der Waals surface area contributed by atoms with E-state index >= 15 is 0 Å². The molecule has 0 amide bonds. The highest BCUT2D eigenvalue weighted by atomic mass is 16.5. The van der Waals surface area contributed by atoms with Crippen LogP contribution in [-0.2, 0) is 0 Å². The summed E-state index contributed by atoms with van der Waals surface area (Å²) in [7, 11) is 0. The van der Waals surface area contributed by atoms with Gasteiger partial charge in [0.1, 0.15) is 0 Å². The molecule has 0 saturated carbocycles. The Morgan fingerprint density at radius 2 is 1.71 bits per heavy atom. The molecule has 1 aromatic heterocycles. The van der Waals surface area contributed by atoms with Crippen molar-refractivity contribution >= 4 is 17.8 Å². The van der Waals surface area contributed by atoms with Crippen molar-refractivity contribution in [3.8, 4) is 0 Å². The van der Waals surface area contributed by atoms with E-state index in [4.69, 9.17) is 21.7 Å². The second-order valence-electron chi connectivity index (χ2n) is 2.57. The second-order valence-corrected chi connectivity index (χ2v) is 2.57. The Hall–Kier alpha value is -1.67. The van der Waals surface area contributed by atoms with E-state index in [-0.39, 0.29) is 24.3 Å². The third-order valence-corrected chi connectivity index (χ3v) is 1.36. The summed E-state index contributed by atoms with van der Waals surface area (Å²) in [6.45, 7) is 0.306. The fraction of sp³-hybridized carbons (Fsp3) is 0.500. The maximum atomic E-state index is 8.55. The number of hydrogen-bond donors (Lipinski definition) is 5. The Morgan fingerprint density at radius 3 is 2.21 bits per heavy atom. The molecule has 1 heterocycles. The molecule has 1 rings (SSSR count). The Bertz CT molecular complexity index is 284. The van der Waals surface area contributed by atoms with Gasteiger partial charge in [-0.05, 0) is 0 Å². The lowest BCUT2D eigenvalue weighted by atomic mass is 10.4. The van der Waals surface area contributed by atoms with Crippen LogP contribution in [0.5, 0.6) is 0 Å². The molecule has 14 heavy (non-hydrogen) atoms. The molecule has 0 aromatic carbocycles. The average molecular weight is 200 g/mol. The number of anilines is 3. The Labute approximate surface area is 80.0 Å². The first-order valence-corrected chi connectivity index (χ1v) is 3.95. The maximum absolute atomic E-state index is 8.55. The summed E-state index contributed by atoms with van der Waals surface area (Å²) < 4.78 is 0. The number of aliphatic hydroxyl groups excluding tert-OH is 1. The molecule has 0 saturated heterocycles. The first-order valence-electron chi connectivity index (χ1n) is 3.95. The number of nitrogens with zero attached hydrogens (tertiary/aromatic N) is 3. The van der Waals surface area contributed by atoms with Crippen molar-refractivity contribution in [2.75, 3.05) is 23.3 Å². The van der Waals surface area contributed by atoms with Crippen LogP contribution in [0.3, 0.4) is 0 Å². The molecule has 0 radical (unpaired) electrons. The predicted molar refractivity (Wildman–Crippen MR) is 50.0 cm³/mol. The normalized spacial score (nSPS) is 10.5. The molecule has 1 aromatic rings. The molecule has 0 unspecified atom stereocenters. The van der Waals surface area contributed by atoms with Gasteiger partial charge in [-0.15, -0.1) is 0 Å². The average Bonchev–Trinajstić information content (AvgIpc) is 2.01. The molecule has 0 fully saturated rings. The van der Waals surface area contributed by atoms with Crippen LogP contribution in [0.15, 0.2) is 0 Å². The SMILES string of the molecule is Nc1nc(N)nc(NCCC(O)O)n1. The zero-order valence-electron chi connectivity index (χ0n) is 7.38. The van der Waals surface area contributed by atoms with E-state index in [0.717, 1.165) is 0 Å². The number of aromatic nitrogens is 3. The predicted octanol–water partition coefficient (Wildman–Crippen LogP) is -1.85. The summed E-state index contributed by atoms with van der Waals surface area (Å²) >= 11 is 0. The topological polar surface area (TPSA) is 143 Å². The van der Waals surface area contributed by atoms with Gasteiger partial charge in [-0.2, -0.15) is 15.0 Å². The Kier molecular flexibility index (Phi) is 3.37. The number of aliphatic hydroxyl groups is 2. The van der Waals surface area contributed by atoms with Crippen molar-refractivity contribution < 1.29 is 10.2 Å². The van der Waals surface area contributed by atoms with Crippen LogP contribution < -0.4 is 16.8 Å². The number of hydrogen-bond acceptors (Lipinski definition) is 8. The summed E-state index contributed by atoms with van der Waals surface area (Å²) in [6.07, 6.45) is -1.20. The fourth-order valence-corrected chi connectivity index (χ4v) is 0.801. The van der Waals surface area contributed by atoms with Crippen LogP contribution in [0.4, 0.5) is 17.8 Å². The van der Waals surface area contributed by atoms with Crippen LogP contribution in [0.1, 0.15) is 6.42 Å².